The van der Waals surface area contributed by atoms with Gasteiger partial charge in [0.25, 0.3) is 0 Å². The monoisotopic (exact) mass is 274 g/mol. The molecule has 3 rings (SSSR count). The summed E-state index contributed by atoms with van der Waals surface area (Å²) in [5, 5.41) is 0. The molecule has 2 heterocycles. The zero-order valence-electron chi connectivity index (χ0n) is 12.4. The molecular formula is C15H22N4O. The van der Waals surface area contributed by atoms with Crippen molar-refractivity contribution in [3.63, 3.8) is 0 Å². The van der Waals surface area contributed by atoms with Gasteiger partial charge in [-0.15, -0.1) is 0 Å². The van der Waals surface area contributed by atoms with Gasteiger partial charge < -0.3 is 9.80 Å². The molecule has 1 aromatic heterocycles. The number of carbonyl (C=O) groups excluding carboxylic acids is 1. The minimum atomic E-state index is 0.216. The van der Waals surface area contributed by atoms with Crippen LogP contribution in [0.5, 0.6) is 0 Å². The highest BCUT2D eigenvalue weighted by atomic mass is 16.2. The van der Waals surface area contributed by atoms with Crippen LogP contribution in [0.4, 0.5) is 5.82 Å². The standard InChI is InChI=1S/C15H22N4O/c1-11-16-13-7-5-6-12(13)15(17-11)18(2)10-14(20)19-8-3-4-9-19/h3-10H2,1-2H3. The van der Waals surface area contributed by atoms with E-state index in [1.807, 2.05) is 23.8 Å². The molecule has 108 valence electrons. The first-order valence-corrected chi connectivity index (χ1v) is 7.50. The van der Waals surface area contributed by atoms with Gasteiger partial charge in [-0.2, -0.15) is 0 Å². The Labute approximate surface area is 120 Å². The first-order chi connectivity index (χ1) is 9.65. The average molecular weight is 274 g/mol. The SMILES string of the molecule is Cc1nc2c(c(N(C)CC(=O)N3CCCC3)n1)CCC2. The Morgan fingerprint density at radius 2 is 1.95 bits per heavy atom. The molecule has 0 aromatic carbocycles. The molecule has 1 amide bonds. The smallest absolute Gasteiger partial charge is 0.242 e. The van der Waals surface area contributed by atoms with E-state index in [2.05, 4.69) is 9.97 Å². The van der Waals surface area contributed by atoms with E-state index in [1.165, 1.54) is 11.3 Å². The van der Waals surface area contributed by atoms with Gasteiger partial charge in [0.2, 0.25) is 5.91 Å². The van der Waals surface area contributed by atoms with Crippen molar-refractivity contribution < 1.29 is 4.79 Å². The van der Waals surface area contributed by atoms with Crippen LogP contribution in [0, 0.1) is 6.92 Å². The summed E-state index contributed by atoms with van der Waals surface area (Å²) in [5.74, 6) is 1.98. The third-order valence-corrected chi connectivity index (χ3v) is 4.22. The van der Waals surface area contributed by atoms with E-state index < -0.39 is 0 Å². The lowest BCUT2D eigenvalue weighted by atomic mass is 10.2. The van der Waals surface area contributed by atoms with E-state index in [0.29, 0.717) is 6.54 Å². The summed E-state index contributed by atoms with van der Waals surface area (Å²) >= 11 is 0. The quantitative estimate of drug-likeness (QED) is 0.834. The Morgan fingerprint density at radius 1 is 1.20 bits per heavy atom. The number of aryl methyl sites for hydroxylation is 2. The molecule has 0 radical (unpaired) electrons. The Morgan fingerprint density at radius 3 is 2.70 bits per heavy atom. The van der Waals surface area contributed by atoms with Crippen molar-refractivity contribution >= 4 is 11.7 Å². The molecule has 0 atom stereocenters. The third-order valence-electron chi connectivity index (χ3n) is 4.22. The zero-order valence-corrected chi connectivity index (χ0v) is 12.4. The van der Waals surface area contributed by atoms with E-state index in [9.17, 15) is 4.79 Å². The number of anilines is 1. The largest absolute Gasteiger partial charge is 0.350 e. The van der Waals surface area contributed by atoms with Crippen LogP contribution in [-0.4, -0.2) is 47.5 Å². The fraction of sp³-hybridized carbons (Fsp3) is 0.667. The molecule has 0 saturated carbocycles. The van der Waals surface area contributed by atoms with E-state index in [1.54, 1.807) is 0 Å². The number of likely N-dealkylation sites (N-methyl/N-ethyl adjacent to an activating group) is 1. The van der Waals surface area contributed by atoms with Crippen LogP contribution in [0.1, 0.15) is 36.3 Å². The predicted molar refractivity (Wildman–Crippen MR) is 77.9 cm³/mol. The number of rotatable bonds is 3. The van der Waals surface area contributed by atoms with Gasteiger partial charge >= 0.3 is 0 Å². The molecular weight excluding hydrogens is 252 g/mol. The van der Waals surface area contributed by atoms with Gasteiger partial charge in [-0.3, -0.25) is 4.79 Å². The van der Waals surface area contributed by atoms with Gasteiger partial charge in [0.1, 0.15) is 11.6 Å². The van der Waals surface area contributed by atoms with Crippen molar-refractivity contribution in [2.45, 2.75) is 39.0 Å². The summed E-state index contributed by atoms with van der Waals surface area (Å²) in [5.41, 5.74) is 2.42. The highest BCUT2D eigenvalue weighted by molar-refractivity contribution is 5.81. The molecule has 0 spiro atoms. The Balaban J connectivity index is 1.77. The van der Waals surface area contributed by atoms with Crippen LogP contribution >= 0.6 is 0 Å². The maximum atomic E-state index is 12.3. The maximum Gasteiger partial charge on any atom is 0.242 e. The number of nitrogens with zero attached hydrogens (tertiary/aromatic N) is 4. The predicted octanol–water partition coefficient (Wildman–Crippen LogP) is 1.33. The van der Waals surface area contributed by atoms with E-state index >= 15 is 0 Å². The number of fused-ring (bicyclic) bond motifs is 1. The average Bonchev–Trinajstić information content (AvgIpc) is 3.08. The lowest BCUT2D eigenvalue weighted by Gasteiger charge is -2.24. The van der Waals surface area contributed by atoms with Crippen LogP contribution < -0.4 is 4.90 Å². The van der Waals surface area contributed by atoms with Crippen molar-refractivity contribution in [1.29, 1.82) is 0 Å². The van der Waals surface area contributed by atoms with Crippen LogP contribution in [0.2, 0.25) is 0 Å². The molecule has 1 aromatic rings. The van der Waals surface area contributed by atoms with Crippen molar-refractivity contribution in [2.75, 3.05) is 31.6 Å². The van der Waals surface area contributed by atoms with Crippen LogP contribution in [-0.2, 0) is 17.6 Å². The third kappa shape index (κ3) is 2.49. The molecule has 1 aliphatic heterocycles. The second-order valence-electron chi connectivity index (χ2n) is 5.82. The molecule has 0 N–H and O–H groups in total. The summed E-state index contributed by atoms with van der Waals surface area (Å²) < 4.78 is 0. The van der Waals surface area contributed by atoms with Crippen molar-refractivity contribution in [3.05, 3.63) is 17.1 Å². The number of likely N-dealkylation sites (tertiary alicyclic amines) is 1. The topological polar surface area (TPSA) is 49.3 Å². The maximum absolute atomic E-state index is 12.3. The van der Waals surface area contributed by atoms with E-state index in [0.717, 1.165) is 56.8 Å². The number of amides is 1. The molecule has 2 aliphatic rings. The molecule has 0 bridgehead atoms. The van der Waals surface area contributed by atoms with Crippen molar-refractivity contribution in [2.24, 2.45) is 0 Å². The molecule has 0 unspecified atom stereocenters. The van der Waals surface area contributed by atoms with E-state index in [4.69, 9.17) is 0 Å². The van der Waals surface area contributed by atoms with Crippen LogP contribution in [0.3, 0.4) is 0 Å². The zero-order chi connectivity index (χ0) is 14.1. The summed E-state index contributed by atoms with van der Waals surface area (Å²) in [6, 6.07) is 0. The minimum absolute atomic E-state index is 0.216. The summed E-state index contributed by atoms with van der Waals surface area (Å²) in [7, 11) is 1.97. The Hall–Kier alpha value is -1.65. The summed E-state index contributed by atoms with van der Waals surface area (Å²) in [4.78, 5) is 25.3. The number of hydrogen-bond donors (Lipinski definition) is 0. The normalized spacial score (nSPS) is 17.4. The Bertz CT molecular complexity index is 523. The second-order valence-corrected chi connectivity index (χ2v) is 5.82. The first kappa shape index (κ1) is 13.3. The fourth-order valence-electron chi connectivity index (χ4n) is 3.19. The lowest BCUT2D eigenvalue weighted by molar-refractivity contribution is -0.128. The number of carbonyl (C=O) groups is 1. The fourth-order valence-corrected chi connectivity index (χ4v) is 3.19. The summed E-state index contributed by atoms with van der Waals surface area (Å²) in [6.07, 6.45) is 5.50. The van der Waals surface area contributed by atoms with Gasteiger partial charge in [-0.25, -0.2) is 9.97 Å². The molecule has 1 aliphatic carbocycles. The van der Waals surface area contributed by atoms with Gasteiger partial charge in [0.05, 0.1) is 6.54 Å². The molecule has 1 saturated heterocycles. The molecule has 1 fully saturated rings. The summed E-state index contributed by atoms with van der Waals surface area (Å²) in [6.45, 7) is 4.17. The molecule has 5 heteroatoms. The van der Waals surface area contributed by atoms with Gasteiger partial charge in [-0.1, -0.05) is 0 Å². The van der Waals surface area contributed by atoms with Gasteiger partial charge in [0.15, 0.2) is 0 Å². The lowest BCUT2D eigenvalue weighted by Crippen LogP contribution is -2.38. The van der Waals surface area contributed by atoms with Crippen molar-refractivity contribution in [1.82, 2.24) is 14.9 Å². The Kier molecular flexibility index (Phi) is 3.59. The van der Waals surface area contributed by atoms with Crippen LogP contribution in [0.25, 0.3) is 0 Å². The van der Waals surface area contributed by atoms with Gasteiger partial charge in [0, 0.05) is 31.4 Å². The van der Waals surface area contributed by atoms with Crippen LogP contribution in [0.15, 0.2) is 0 Å². The number of aromatic nitrogens is 2. The first-order valence-electron chi connectivity index (χ1n) is 7.50. The minimum Gasteiger partial charge on any atom is -0.350 e. The highest BCUT2D eigenvalue weighted by Crippen LogP contribution is 2.28. The molecule has 20 heavy (non-hydrogen) atoms. The number of hydrogen-bond acceptors (Lipinski definition) is 4. The molecule has 5 nitrogen and oxygen atoms in total. The van der Waals surface area contributed by atoms with E-state index in [-0.39, 0.29) is 5.91 Å². The highest BCUT2D eigenvalue weighted by Gasteiger charge is 2.24. The van der Waals surface area contributed by atoms with Crippen molar-refractivity contribution in [3.8, 4) is 0 Å². The van der Waals surface area contributed by atoms with Gasteiger partial charge in [-0.05, 0) is 39.0 Å². The second kappa shape index (κ2) is 5.38.